The van der Waals surface area contributed by atoms with Gasteiger partial charge in [0.15, 0.2) is 5.82 Å². The van der Waals surface area contributed by atoms with E-state index in [0.29, 0.717) is 16.6 Å². The molecule has 0 fully saturated rings. The summed E-state index contributed by atoms with van der Waals surface area (Å²) in [6, 6.07) is 5.46. The van der Waals surface area contributed by atoms with Gasteiger partial charge in [0.2, 0.25) is 0 Å². The molecule has 0 radical (unpaired) electrons. The molecule has 0 aliphatic heterocycles. The minimum absolute atomic E-state index is 0.547. The van der Waals surface area contributed by atoms with E-state index >= 15 is 0 Å². The van der Waals surface area contributed by atoms with Crippen LogP contribution in [0.1, 0.15) is 13.3 Å². The normalized spacial score (nSPS) is 10.2. The van der Waals surface area contributed by atoms with Crippen LogP contribution in [0.5, 0.6) is 5.75 Å². The number of hydrogen-bond acceptors (Lipinski definition) is 5. The van der Waals surface area contributed by atoms with Crippen molar-refractivity contribution in [3.05, 3.63) is 35.6 Å². The van der Waals surface area contributed by atoms with Crippen LogP contribution in [-0.4, -0.2) is 23.6 Å². The number of ether oxygens (including phenoxy) is 1. The highest BCUT2D eigenvalue weighted by Crippen LogP contribution is 2.28. The number of nitrogens with one attached hydrogen (secondary N) is 2. The van der Waals surface area contributed by atoms with Crippen molar-refractivity contribution in [2.24, 2.45) is 0 Å². The van der Waals surface area contributed by atoms with E-state index in [1.807, 2.05) is 6.07 Å². The number of benzene rings is 1. The molecular formula is C14H17ClN4O. The topological polar surface area (TPSA) is 59.1 Å². The van der Waals surface area contributed by atoms with Crippen molar-refractivity contribution in [2.75, 3.05) is 24.3 Å². The van der Waals surface area contributed by atoms with Gasteiger partial charge in [-0.3, -0.25) is 4.98 Å². The van der Waals surface area contributed by atoms with Gasteiger partial charge in [0, 0.05) is 12.2 Å². The Kier molecular flexibility index (Phi) is 5.01. The summed E-state index contributed by atoms with van der Waals surface area (Å²) in [5.74, 6) is 2.05. The number of anilines is 3. The largest absolute Gasteiger partial charge is 0.495 e. The molecule has 1 heterocycles. The van der Waals surface area contributed by atoms with Crippen LogP contribution in [0.2, 0.25) is 5.02 Å². The molecule has 2 N–H and O–H groups in total. The summed E-state index contributed by atoms with van der Waals surface area (Å²) >= 11 is 6.08. The molecule has 6 heteroatoms. The average Bonchev–Trinajstić information content (AvgIpc) is 2.46. The monoisotopic (exact) mass is 292 g/mol. The highest BCUT2D eigenvalue weighted by molar-refractivity contribution is 6.32. The SMILES string of the molecule is CCCNc1cncc(Nc2ccc(OC)c(Cl)c2)n1. The molecule has 0 aliphatic carbocycles. The summed E-state index contributed by atoms with van der Waals surface area (Å²) in [4.78, 5) is 8.56. The van der Waals surface area contributed by atoms with Crippen LogP contribution in [0.3, 0.4) is 0 Å². The Labute approximate surface area is 123 Å². The van der Waals surface area contributed by atoms with Crippen LogP contribution in [0.15, 0.2) is 30.6 Å². The first-order valence-corrected chi connectivity index (χ1v) is 6.77. The molecule has 0 saturated heterocycles. The predicted molar refractivity (Wildman–Crippen MR) is 82.1 cm³/mol. The maximum absolute atomic E-state index is 6.08. The highest BCUT2D eigenvalue weighted by Gasteiger charge is 2.03. The summed E-state index contributed by atoms with van der Waals surface area (Å²) in [6.07, 6.45) is 4.39. The van der Waals surface area contributed by atoms with Crippen LogP contribution in [-0.2, 0) is 0 Å². The predicted octanol–water partition coefficient (Wildman–Crippen LogP) is 3.70. The van der Waals surface area contributed by atoms with Crippen LogP contribution in [0.25, 0.3) is 0 Å². The standard InChI is InChI=1S/C14H17ClN4O/c1-3-6-17-13-8-16-9-14(19-13)18-10-4-5-12(20-2)11(15)7-10/h4-5,7-9H,3,6H2,1-2H3,(H2,17,18,19). The van der Waals surface area contributed by atoms with E-state index in [4.69, 9.17) is 16.3 Å². The quantitative estimate of drug-likeness (QED) is 0.850. The number of aromatic nitrogens is 2. The Morgan fingerprint density at radius 2 is 2.05 bits per heavy atom. The Morgan fingerprint density at radius 1 is 1.25 bits per heavy atom. The molecule has 0 aliphatic rings. The van der Waals surface area contributed by atoms with Gasteiger partial charge in [0.05, 0.1) is 24.5 Å². The number of hydrogen-bond donors (Lipinski definition) is 2. The van der Waals surface area contributed by atoms with E-state index in [-0.39, 0.29) is 0 Å². The zero-order valence-electron chi connectivity index (χ0n) is 11.5. The van der Waals surface area contributed by atoms with Gasteiger partial charge in [-0.25, -0.2) is 4.98 Å². The second kappa shape index (κ2) is 6.96. The van der Waals surface area contributed by atoms with Gasteiger partial charge in [-0.2, -0.15) is 0 Å². The van der Waals surface area contributed by atoms with Gasteiger partial charge in [-0.1, -0.05) is 18.5 Å². The molecule has 106 valence electrons. The summed E-state index contributed by atoms with van der Waals surface area (Å²) in [7, 11) is 1.59. The van der Waals surface area contributed by atoms with E-state index in [2.05, 4.69) is 27.5 Å². The Bertz CT molecular complexity index is 577. The highest BCUT2D eigenvalue weighted by atomic mass is 35.5. The zero-order valence-corrected chi connectivity index (χ0v) is 12.2. The number of rotatable bonds is 6. The number of methoxy groups -OCH3 is 1. The second-order valence-electron chi connectivity index (χ2n) is 4.19. The smallest absolute Gasteiger partial charge is 0.151 e. The van der Waals surface area contributed by atoms with Gasteiger partial charge in [0.25, 0.3) is 0 Å². The Balaban J connectivity index is 2.11. The molecular weight excluding hydrogens is 276 g/mol. The lowest BCUT2D eigenvalue weighted by molar-refractivity contribution is 0.415. The zero-order chi connectivity index (χ0) is 14.4. The lowest BCUT2D eigenvalue weighted by Crippen LogP contribution is -2.04. The molecule has 0 saturated carbocycles. The fourth-order valence-electron chi connectivity index (χ4n) is 1.66. The average molecular weight is 293 g/mol. The van der Waals surface area contributed by atoms with E-state index in [0.717, 1.165) is 24.5 Å². The van der Waals surface area contributed by atoms with Crippen LogP contribution in [0.4, 0.5) is 17.3 Å². The fourth-order valence-corrected chi connectivity index (χ4v) is 1.91. The summed E-state index contributed by atoms with van der Waals surface area (Å²) in [5, 5.41) is 6.90. The summed E-state index contributed by atoms with van der Waals surface area (Å²) in [6.45, 7) is 2.97. The number of nitrogens with zero attached hydrogens (tertiary/aromatic N) is 2. The maximum Gasteiger partial charge on any atom is 0.151 e. The van der Waals surface area contributed by atoms with E-state index < -0.39 is 0 Å². The third kappa shape index (κ3) is 3.74. The molecule has 2 aromatic rings. The molecule has 1 aromatic heterocycles. The minimum Gasteiger partial charge on any atom is -0.495 e. The Morgan fingerprint density at radius 3 is 2.75 bits per heavy atom. The number of halogens is 1. The molecule has 20 heavy (non-hydrogen) atoms. The van der Waals surface area contributed by atoms with Crippen molar-refractivity contribution in [1.29, 1.82) is 0 Å². The molecule has 0 amide bonds. The molecule has 0 unspecified atom stereocenters. The lowest BCUT2D eigenvalue weighted by Gasteiger charge is -2.09. The third-order valence-electron chi connectivity index (χ3n) is 2.61. The summed E-state index contributed by atoms with van der Waals surface area (Å²) in [5.41, 5.74) is 0.831. The van der Waals surface area contributed by atoms with Crippen molar-refractivity contribution >= 4 is 28.9 Å². The molecule has 1 aromatic carbocycles. The van der Waals surface area contributed by atoms with Gasteiger partial charge in [0.1, 0.15) is 11.6 Å². The fraction of sp³-hybridized carbons (Fsp3) is 0.286. The van der Waals surface area contributed by atoms with E-state index in [1.165, 1.54) is 0 Å². The molecule has 5 nitrogen and oxygen atoms in total. The van der Waals surface area contributed by atoms with E-state index in [9.17, 15) is 0 Å². The van der Waals surface area contributed by atoms with Gasteiger partial charge < -0.3 is 15.4 Å². The van der Waals surface area contributed by atoms with E-state index in [1.54, 1.807) is 31.6 Å². The van der Waals surface area contributed by atoms with Crippen LogP contribution in [0, 0.1) is 0 Å². The minimum atomic E-state index is 0.547. The maximum atomic E-state index is 6.08. The molecule has 0 spiro atoms. The third-order valence-corrected chi connectivity index (χ3v) is 2.91. The van der Waals surface area contributed by atoms with Crippen molar-refractivity contribution in [3.63, 3.8) is 0 Å². The molecule has 0 bridgehead atoms. The van der Waals surface area contributed by atoms with Crippen molar-refractivity contribution < 1.29 is 4.74 Å². The first-order valence-electron chi connectivity index (χ1n) is 6.39. The first-order chi connectivity index (χ1) is 9.72. The summed E-state index contributed by atoms with van der Waals surface area (Å²) < 4.78 is 5.12. The van der Waals surface area contributed by atoms with Crippen molar-refractivity contribution in [1.82, 2.24) is 9.97 Å². The first kappa shape index (κ1) is 14.4. The molecule has 2 rings (SSSR count). The van der Waals surface area contributed by atoms with Crippen LogP contribution >= 0.6 is 11.6 Å². The van der Waals surface area contributed by atoms with Crippen LogP contribution < -0.4 is 15.4 Å². The molecule has 0 atom stereocenters. The second-order valence-corrected chi connectivity index (χ2v) is 4.60. The Hall–Kier alpha value is -2.01. The van der Waals surface area contributed by atoms with Crippen molar-refractivity contribution in [2.45, 2.75) is 13.3 Å². The van der Waals surface area contributed by atoms with Crippen molar-refractivity contribution in [3.8, 4) is 5.75 Å². The van der Waals surface area contributed by atoms with Gasteiger partial charge in [-0.05, 0) is 24.6 Å². The van der Waals surface area contributed by atoms with Gasteiger partial charge in [-0.15, -0.1) is 0 Å². The lowest BCUT2D eigenvalue weighted by atomic mass is 10.3. The van der Waals surface area contributed by atoms with Gasteiger partial charge >= 0.3 is 0 Å².